The summed E-state index contributed by atoms with van der Waals surface area (Å²) in [4.78, 5) is 42.1. The molecule has 4 rings (SSSR count). The minimum Gasteiger partial charge on any atom is -0.451 e. The number of hydrogen-bond acceptors (Lipinski definition) is 7. The van der Waals surface area contributed by atoms with Crippen LogP contribution in [0, 0.1) is 0 Å². The summed E-state index contributed by atoms with van der Waals surface area (Å²) < 4.78 is 5.07. The number of thiazole rings is 1. The first-order chi connectivity index (χ1) is 14.1. The van der Waals surface area contributed by atoms with Crippen LogP contribution in [0.1, 0.15) is 23.3 Å². The van der Waals surface area contributed by atoms with Gasteiger partial charge in [0.2, 0.25) is 5.91 Å². The van der Waals surface area contributed by atoms with Gasteiger partial charge < -0.3 is 15.0 Å². The van der Waals surface area contributed by atoms with E-state index in [0.717, 1.165) is 22.7 Å². The van der Waals surface area contributed by atoms with Crippen LogP contribution in [0.25, 0.3) is 10.6 Å². The quantitative estimate of drug-likeness (QED) is 0.605. The molecule has 2 amide bonds. The average Bonchev–Trinajstić information content (AvgIpc) is 3.47. The highest BCUT2D eigenvalue weighted by Gasteiger charge is 2.22. The van der Waals surface area contributed by atoms with Gasteiger partial charge in [0, 0.05) is 40.7 Å². The molecule has 1 aliphatic heterocycles. The lowest BCUT2D eigenvalue weighted by atomic mass is 10.2. The summed E-state index contributed by atoms with van der Waals surface area (Å²) in [5.74, 6) is -1.03. The van der Waals surface area contributed by atoms with E-state index < -0.39 is 18.5 Å². The molecule has 9 heteroatoms. The second kappa shape index (κ2) is 8.54. The molecule has 0 spiro atoms. The third-order valence-corrected chi connectivity index (χ3v) is 5.91. The molecule has 29 heavy (non-hydrogen) atoms. The van der Waals surface area contributed by atoms with E-state index in [4.69, 9.17) is 4.74 Å². The number of hydrogen-bond donors (Lipinski definition) is 1. The highest BCUT2D eigenvalue weighted by molar-refractivity contribution is 7.14. The van der Waals surface area contributed by atoms with Crippen molar-refractivity contribution in [3.63, 3.8) is 0 Å². The standard InChI is InChI=1S/C20H17N3O4S2/c24-17(21-14-3-1-4-15(9-14)23-7-2-5-18(23)25)10-27-20(26)16-12-29-19(22-16)13-6-8-28-11-13/h1,3-4,6,8-9,11-12H,2,5,7,10H2,(H,21,24). The average molecular weight is 428 g/mol. The number of nitrogens with one attached hydrogen (secondary N) is 1. The fourth-order valence-corrected chi connectivity index (χ4v) is 4.46. The molecular formula is C20H17N3O4S2. The van der Waals surface area contributed by atoms with Gasteiger partial charge in [-0.2, -0.15) is 11.3 Å². The van der Waals surface area contributed by atoms with Crippen molar-refractivity contribution in [3.05, 3.63) is 52.2 Å². The van der Waals surface area contributed by atoms with Crippen LogP contribution in [0.5, 0.6) is 0 Å². The Morgan fingerprint density at radius 1 is 1.24 bits per heavy atom. The van der Waals surface area contributed by atoms with Gasteiger partial charge in [0.1, 0.15) is 5.01 Å². The first-order valence-electron chi connectivity index (χ1n) is 8.95. The fraction of sp³-hybridized carbons (Fsp3) is 0.200. The fourth-order valence-electron chi connectivity index (χ4n) is 2.96. The topological polar surface area (TPSA) is 88.6 Å². The number of carbonyl (C=O) groups is 3. The number of aromatic nitrogens is 1. The minimum absolute atomic E-state index is 0.0764. The number of esters is 1. The zero-order valence-electron chi connectivity index (χ0n) is 15.3. The summed E-state index contributed by atoms with van der Waals surface area (Å²) in [6.07, 6.45) is 1.37. The van der Waals surface area contributed by atoms with Crippen LogP contribution in [-0.2, 0) is 14.3 Å². The number of amides is 2. The smallest absolute Gasteiger partial charge is 0.358 e. The number of ether oxygens (including phenoxy) is 1. The molecule has 0 bridgehead atoms. The van der Waals surface area contributed by atoms with Gasteiger partial charge in [-0.25, -0.2) is 9.78 Å². The molecule has 1 N–H and O–H groups in total. The van der Waals surface area contributed by atoms with Crippen molar-refractivity contribution in [3.8, 4) is 10.6 Å². The van der Waals surface area contributed by atoms with Gasteiger partial charge in [-0.3, -0.25) is 9.59 Å². The van der Waals surface area contributed by atoms with E-state index in [1.807, 2.05) is 22.9 Å². The molecule has 7 nitrogen and oxygen atoms in total. The zero-order chi connectivity index (χ0) is 20.2. The van der Waals surface area contributed by atoms with Gasteiger partial charge in [-0.15, -0.1) is 11.3 Å². The monoisotopic (exact) mass is 427 g/mol. The van der Waals surface area contributed by atoms with E-state index in [1.165, 1.54) is 11.3 Å². The molecule has 3 heterocycles. The predicted molar refractivity (Wildman–Crippen MR) is 112 cm³/mol. The van der Waals surface area contributed by atoms with E-state index in [-0.39, 0.29) is 11.6 Å². The second-order valence-electron chi connectivity index (χ2n) is 6.37. The van der Waals surface area contributed by atoms with E-state index in [2.05, 4.69) is 10.3 Å². The van der Waals surface area contributed by atoms with Crippen molar-refractivity contribution < 1.29 is 19.1 Å². The third kappa shape index (κ3) is 4.52. The third-order valence-electron chi connectivity index (χ3n) is 4.33. The highest BCUT2D eigenvalue weighted by atomic mass is 32.1. The molecule has 2 aromatic heterocycles. The maximum absolute atomic E-state index is 12.2. The summed E-state index contributed by atoms with van der Waals surface area (Å²) in [5, 5.41) is 8.92. The number of rotatable bonds is 6. The van der Waals surface area contributed by atoms with E-state index >= 15 is 0 Å². The van der Waals surface area contributed by atoms with E-state index in [9.17, 15) is 14.4 Å². The SMILES string of the molecule is O=C(COC(=O)c1csc(-c2ccsc2)n1)Nc1cccc(N2CCCC2=O)c1. The molecule has 0 unspecified atom stereocenters. The lowest BCUT2D eigenvalue weighted by molar-refractivity contribution is -0.119. The number of thiophene rings is 1. The first-order valence-corrected chi connectivity index (χ1v) is 10.8. The number of carbonyl (C=O) groups excluding carboxylic acids is 3. The number of benzene rings is 1. The maximum Gasteiger partial charge on any atom is 0.358 e. The Balaban J connectivity index is 1.32. The van der Waals surface area contributed by atoms with Crippen molar-refractivity contribution >= 4 is 51.8 Å². The summed E-state index contributed by atoms with van der Waals surface area (Å²) in [7, 11) is 0. The van der Waals surface area contributed by atoms with Crippen molar-refractivity contribution in [2.45, 2.75) is 12.8 Å². The largest absolute Gasteiger partial charge is 0.451 e. The maximum atomic E-state index is 12.2. The van der Waals surface area contributed by atoms with Crippen LogP contribution in [0.15, 0.2) is 46.5 Å². The molecule has 0 aliphatic carbocycles. The van der Waals surface area contributed by atoms with Crippen LogP contribution in [0.2, 0.25) is 0 Å². The predicted octanol–water partition coefficient (Wildman–Crippen LogP) is 3.79. The summed E-state index contributed by atoms with van der Waals surface area (Å²) >= 11 is 2.90. The zero-order valence-corrected chi connectivity index (χ0v) is 16.9. The van der Waals surface area contributed by atoms with Gasteiger partial charge in [-0.1, -0.05) is 6.07 Å². The molecule has 0 radical (unpaired) electrons. The molecule has 1 fully saturated rings. The molecule has 0 saturated carbocycles. The Bertz CT molecular complexity index is 1050. The van der Waals surface area contributed by atoms with Crippen molar-refractivity contribution in [1.29, 1.82) is 0 Å². The van der Waals surface area contributed by atoms with E-state index in [0.29, 0.717) is 18.7 Å². The van der Waals surface area contributed by atoms with Crippen LogP contribution >= 0.6 is 22.7 Å². The van der Waals surface area contributed by atoms with Gasteiger partial charge in [0.25, 0.3) is 5.91 Å². The lowest BCUT2D eigenvalue weighted by Crippen LogP contribution is -2.24. The Kier molecular flexibility index (Phi) is 5.68. The molecule has 1 aliphatic rings. The van der Waals surface area contributed by atoms with Gasteiger partial charge in [-0.05, 0) is 36.1 Å². The molecule has 1 saturated heterocycles. The Morgan fingerprint density at radius 2 is 2.14 bits per heavy atom. The van der Waals surface area contributed by atoms with Crippen LogP contribution < -0.4 is 10.2 Å². The Hall–Kier alpha value is -3.04. The van der Waals surface area contributed by atoms with Gasteiger partial charge >= 0.3 is 5.97 Å². The van der Waals surface area contributed by atoms with Crippen molar-refractivity contribution in [2.75, 3.05) is 23.4 Å². The van der Waals surface area contributed by atoms with Crippen molar-refractivity contribution in [2.24, 2.45) is 0 Å². The van der Waals surface area contributed by atoms with Crippen LogP contribution in [0.4, 0.5) is 11.4 Å². The summed E-state index contributed by atoms with van der Waals surface area (Å²) in [5.41, 5.74) is 2.41. The van der Waals surface area contributed by atoms with E-state index in [1.54, 1.807) is 39.8 Å². The normalized spacial score (nSPS) is 13.5. The molecule has 3 aromatic rings. The molecule has 148 valence electrons. The van der Waals surface area contributed by atoms with Crippen molar-refractivity contribution in [1.82, 2.24) is 4.98 Å². The molecule has 1 aromatic carbocycles. The molecule has 0 atom stereocenters. The van der Waals surface area contributed by atoms with Crippen LogP contribution in [0.3, 0.4) is 0 Å². The minimum atomic E-state index is -0.644. The number of anilines is 2. The lowest BCUT2D eigenvalue weighted by Gasteiger charge is -2.16. The number of nitrogens with zero attached hydrogens (tertiary/aromatic N) is 2. The second-order valence-corrected chi connectivity index (χ2v) is 8.01. The Morgan fingerprint density at radius 3 is 2.90 bits per heavy atom. The first kappa shape index (κ1) is 19.3. The molecular weight excluding hydrogens is 410 g/mol. The highest BCUT2D eigenvalue weighted by Crippen LogP contribution is 2.26. The summed E-state index contributed by atoms with van der Waals surface area (Å²) in [6, 6.07) is 8.97. The van der Waals surface area contributed by atoms with Gasteiger partial charge in [0.15, 0.2) is 12.3 Å². The Labute approximate surface area is 175 Å². The van der Waals surface area contributed by atoms with Gasteiger partial charge in [0.05, 0.1) is 0 Å². The summed E-state index contributed by atoms with van der Waals surface area (Å²) in [6.45, 7) is 0.256. The van der Waals surface area contributed by atoms with Crippen LogP contribution in [-0.4, -0.2) is 35.9 Å².